The molecule has 2 unspecified atom stereocenters. The van der Waals surface area contributed by atoms with Crippen molar-refractivity contribution in [2.24, 2.45) is 5.92 Å². The number of alkyl halides is 1. The Morgan fingerprint density at radius 1 is 1.50 bits per heavy atom. The monoisotopic (exact) mass is 301 g/mol. The summed E-state index contributed by atoms with van der Waals surface area (Å²) >= 11 is 5.11. The number of carbonyl (C=O) groups excluding carboxylic acids is 1. The van der Waals surface area contributed by atoms with Gasteiger partial charge in [-0.25, -0.2) is 0 Å². The van der Waals surface area contributed by atoms with Crippen molar-refractivity contribution in [3.63, 3.8) is 0 Å². The normalized spacial score (nSPS) is 25.3. The fourth-order valence-electron chi connectivity index (χ4n) is 2.23. The van der Waals surface area contributed by atoms with Crippen molar-refractivity contribution in [2.75, 3.05) is 5.33 Å². The second-order valence-electron chi connectivity index (χ2n) is 4.29. The van der Waals surface area contributed by atoms with Crippen LogP contribution in [0.3, 0.4) is 0 Å². The van der Waals surface area contributed by atoms with Gasteiger partial charge in [0.1, 0.15) is 0 Å². The summed E-state index contributed by atoms with van der Waals surface area (Å²) in [7, 11) is 0. The van der Waals surface area contributed by atoms with Gasteiger partial charge in [0.2, 0.25) is 0 Å². The molecule has 0 bridgehead atoms. The third kappa shape index (κ3) is 2.86. The molecule has 1 fully saturated rings. The Kier molecular flexibility index (Phi) is 4.41. The maximum absolute atomic E-state index is 11.9. The highest BCUT2D eigenvalue weighted by molar-refractivity contribution is 9.09. The van der Waals surface area contributed by atoms with E-state index in [1.54, 1.807) is 11.3 Å². The number of hydrogen-bond acceptors (Lipinski definition) is 2. The first kappa shape index (κ1) is 12.1. The highest BCUT2D eigenvalue weighted by atomic mass is 79.9. The maximum atomic E-state index is 11.9. The topological polar surface area (TPSA) is 29.1 Å². The minimum Gasteiger partial charge on any atom is -0.349 e. The first-order valence-corrected chi connectivity index (χ1v) is 7.76. The van der Waals surface area contributed by atoms with Crippen LogP contribution in [0.15, 0.2) is 16.8 Å². The van der Waals surface area contributed by atoms with Gasteiger partial charge in [-0.2, -0.15) is 11.3 Å². The summed E-state index contributed by atoms with van der Waals surface area (Å²) in [5.74, 6) is 0.676. The summed E-state index contributed by atoms with van der Waals surface area (Å²) in [6, 6.07) is 2.23. The Morgan fingerprint density at radius 3 is 3.00 bits per heavy atom. The second kappa shape index (κ2) is 5.82. The molecular formula is C12H16BrNOS. The van der Waals surface area contributed by atoms with E-state index in [0.717, 1.165) is 17.3 Å². The summed E-state index contributed by atoms with van der Waals surface area (Å²) in [5.41, 5.74) is 0.795. The molecule has 1 amide bonds. The Hall–Kier alpha value is -0.350. The van der Waals surface area contributed by atoms with E-state index in [1.807, 2.05) is 16.8 Å². The van der Waals surface area contributed by atoms with E-state index in [1.165, 1.54) is 19.3 Å². The van der Waals surface area contributed by atoms with Crippen LogP contribution < -0.4 is 5.32 Å². The molecule has 1 saturated carbocycles. The van der Waals surface area contributed by atoms with Crippen molar-refractivity contribution < 1.29 is 4.79 Å². The highest BCUT2D eigenvalue weighted by Crippen LogP contribution is 2.26. The van der Waals surface area contributed by atoms with Gasteiger partial charge in [-0.1, -0.05) is 28.8 Å². The van der Waals surface area contributed by atoms with Gasteiger partial charge in [-0.3, -0.25) is 4.79 Å². The van der Waals surface area contributed by atoms with Gasteiger partial charge in [0, 0.05) is 22.3 Å². The molecule has 0 aromatic carbocycles. The molecule has 2 rings (SSSR count). The second-order valence-corrected chi connectivity index (χ2v) is 5.72. The number of nitrogens with one attached hydrogen (secondary N) is 1. The number of halogens is 1. The predicted octanol–water partition coefficient (Wildman–Crippen LogP) is 3.43. The zero-order valence-electron chi connectivity index (χ0n) is 9.12. The van der Waals surface area contributed by atoms with Crippen molar-refractivity contribution in [3.05, 3.63) is 22.4 Å². The van der Waals surface area contributed by atoms with Crippen molar-refractivity contribution in [1.29, 1.82) is 0 Å². The average molecular weight is 302 g/mol. The fraction of sp³-hybridized carbons (Fsp3) is 0.583. The van der Waals surface area contributed by atoms with E-state index in [4.69, 9.17) is 0 Å². The van der Waals surface area contributed by atoms with Crippen LogP contribution in [0.25, 0.3) is 0 Å². The number of hydrogen-bond donors (Lipinski definition) is 1. The maximum Gasteiger partial charge on any atom is 0.252 e. The van der Waals surface area contributed by atoms with Crippen LogP contribution in [-0.4, -0.2) is 17.3 Å². The van der Waals surface area contributed by atoms with Gasteiger partial charge in [0.25, 0.3) is 5.91 Å². The Bertz CT molecular complexity index is 339. The number of carbonyl (C=O) groups is 1. The van der Waals surface area contributed by atoms with Crippen molar-refractivity contribution >= 4 is 33.2 Å². The fourth-order valence-corrected chi connectivity index (χ4v) is 3.64. The molecule has 2 atom stereocenters. The SMILES string of the molecule is O=C(NC1CCCCC1CBr)c1ccsc1. The molecule has 1 N–H and O–H groups in total. The van der Waals surface area contributed by atoms with Crippen molar-refractivity contribution in [3.8, 4) is 0 Å². The van der Waals surface area contributed by atoms with Gasteiger partial charge < -0.3 is 5.32 Å². The van der Waals surface area contributed by atoms with E-state index in [0.29, 0.717) is 12.0 Å². The van der Waals surface area contributed by atoms with E-state index in [-0.39, 0.29) is 5.91 Å². The summed E-state index contributed by atoms with van der Waals surface area (Å²) in [6.07, 6.45) is 4.87. The van der Waals surface area contributed by atoms with Gasteiger partial charge >= 0.3 is 0 Å². The molecule has 1 aromatic heterocycles. The molecule has 1 aromatic rings. The predicted molar refractivity (Wildman–Crippen MR) is 71.3 cm³/mol. The molecule has 0 saturated heterocycles. The van der Waals surface area contributed by atoms with Crippen LogP contribution >= 0.6 is 27.3 Å². The molecule has 1 heterocycles. The summed E-state index contributed by atoms with van der Waals surface area (Å²) < 4.78 is 0. The highest BCUT2D eigenvalue weighted by Gasteiger charge is 2.25. The largest absolute Gasteiger partial charge is 0.349 e. The minimum atomic E-state index is 0.0825. The van der Waals surface area contributed by atoms with Crippen molar-refractivity contribution in [1.82, 2.24) is 5.32 Å². The van der Waals surface area contributed by atoms with Gasteiger partial charge in [-0.15, -0.1) is 0 Å². The number of amides is 1. The molecule has 16 heavy (non-hydrogen) atoms. The number of rotatable bonds is 3. The lowest BCUT2D eigenvalue weighted by Crippen LogP contribution is -2.42. The Labute approximate surface area is 109 Å². The zero-order valence-corrected chi connectivity index (χ0v) is 11.5. The van der Waals surface area contributed by atoms with Gasteiger partial charge in [0.15, 0.2) is 0 Å². The zero-order chi connectivity index (χ0) is 11.4. The van der Waals surface area contributed by atoms with E-state index in [9.17, 15) is 4.79 Å². The van der Waals surface area contributed by atoms with E-state index < -0.39 is 0 Å². The average Bonchev–Trinajstić information content (AvgIpc) is 2.83. The molecular weight excluding hydrogens is 286 g/mol. The van der Waals surface area contributed by atoms with E-state index in [2.05, 4.69) is 21.2 Å². The lowest BCUT2D eigenvalue weighted by Gasteiger charge is -2.30. The lowest BCUT2D eigenvalue weighted by molar-refractivity contribution is 0.0912. The summed E-state index contributed by atoms with van der Waals surface area (Å²) in [5, 5.41) is 7.99. The van der Waals surface area contributed by atoms with Gasteiger partial charge in [0.05, 0.1) is 0 Å². The first-order valence-electron chi connectivity index (χ1n) is 5.70. The Balaban J connectivity index is 1.95. The molecule has 0 spiro atoms. The molecule has 0 radical (unpaired) electrons. The summed E-state index contributed by atoms with van der Waals surface area (Å²) in [4.78, 5) is 11.9. The molecule has 1 aliphatic carbocycles. The van der Waals surface area contributed by atoms with Crippen LogP contribution in [-0.2, 0) is 0 Å². The minimum absolute atomic E-state index is 0.0825. The quantitative estimate of drug-likeness (QED) is 0.852. The standard InChI is InChI=1S/C12H16BrNOS/c13-7-9-3-1-2-4-11(9)14-12(15)10-5-6-16-8-10/h5-6,8-9,11H,1-4,7H2,(H,14,15). The van der Waals surface area contributed by atoms with Crippen LogP contribution in [0, 0.1) is 5.92 Å². The Morgan fingerprint density at radius 2 is 2.31 bits per heavy atom. The summed E-state index contributed by atoms with van der Waals surface area (Å²) in [6.45, 7) is 0. The van der Waals surface area contributed by atoms with Crippen LogP contribution in [0.5, 0.6) is 0 Å². The third-order valence-electron chi connectivity index (χ3n) is 3.21. The lowest BCUT2D eigenvalue weighted by atomic mass is 9.86. The molecule has 0 aliphatic heterocycles. The molecule has 4 heteroatoms. The third-order valence-corrected chi connectivity index (χ3v) is 4.72. The van der Waals surface area contributed by atoms with Crippen molar-refractivity contribution in [2.45, 2.75) is 31.7 Å². The smallest absolute Gasteiger partial charge is 0.252 e. The van der Waals surface area contributed by atoms with E-state index >= 15 is 0 Å². The van der Waals surface area contributed by atoms with Crippen LogP contribution in [0.4, 0.5) is 0 Å². The van der Waals surface area contributed by atoms with Crippen LogP contribution in [0.2, 0.25) is 0 Å². The number of thiophene rings is 1. The molecule has 2 nitrogen and oxygen atoms in total. The molecule has 1 aliphatic rings. The molecule has 88 valence electrons. The van der Waals surface area contributed by atoms with Crippen LogP contribution in [0.1, 0.15) is 36.0 Å². The first-order chi connectivity index (χ1) is 7.81. The van der Waals surface area contributed by atoms with Gasteiger partial charge in [-0.05, 0) is 30.2 Å².